The number of rotatable bonds is 5. The molecule has 106 valence electrons. The first-order valence-corrected chi connectivity index (χ1v) is 8.00. The second kappa shape index (κ2) is 7.93. The van der Waals surface area contributed by atoms with Crippen LogP contribution in [0.3, 0.4) is 0 Å². The van der Waals surface area contributed by atoms with Gasteiger partial charge in [0, 0.05) is 42.7 Å². The maximum absolute atomic E-state index is 12.5. The Bertz CT molecular complexity index is 466. The van der Waals surface area contributed by atoms with Crippen molar-refractivity contribution in [1.82, 2.24) is 5.32 Å². The molecule has 1 atom stereocenters. The SMILES string of the molecule is N#CCCN(C(=O)CC1CSCCN1)c1ccccc1. The first-order valence-electron chi connectivity index (χ1n) is 6.85. The number of hydrogen-bond donors (Lipinski definition) is 1. The molecule has 1 N–H and O–H groups in total. The molecule has 1 unspecified atom stereocenters. The normalized spacial score (nSPS) is 18.2. The highest BCUT2D eigenvalue weighted by Crippen LogP contribution is 2.17. The number of thioether (sulfide) groups is 1. The molecule has 0 aromatic heterocycles. The van der Waals surface area contributed by atoms with Gasteiger partial charge in [-0.05, 0) is 12.1 Å². The molecule has 1 aliphatic rings. The van der Waals surface area contributed by atoms with Crippen molar-refractivity contribution in [2.24, 2.45) is 0 Å². The van der Waals surface area contributed by atoms with Gasteiger partial charge < -0.3 is 10.2 Å². The van der Waals surface area contributed by atoms with Gasteiger partial charge in [-0.25, -0.2) is 0 Å². The Hall–Kier alpha value is -1.51. The van der Waals surface area contributed by atoms with E-state index in [9.17, 15) is 4.79 Å². The maximum Gasteiger partial charge on any atom is 0.228 e. The Kier molecular flexibility index (Phi) is 5.90. The van der Waals surface area contributed by atoms with Crippen LogP contribution in [0, 0.1) is 11.3 Å². The lowest BCUT2D eigenvalue weighted by atomic mass is 10.2. The fourth-order valence-corrected chi connectivity index (χ4v) is 3.19. The number of hydrogen-bond acceptors (Lipinski definition) is 4. The average Bonchev–Trinajstić information content (AvgIpc) is 2.50. The van der Waals surface area contributed by atoms with E-state index in [0.717, 1.165) is 23.7 Å². The number of nitrogens with one attached hydrogen (secondary N) is 1. The number of para-hydroxylation sites is 1. The molecule has 0 radical (unpaired) electrons. The largest absolute Gasteiger partial charge is 0.312 e. The molecule has 1 saturated heterocycles. The lowest BCUT2D eigenvalue weighted by Crippen LogP contribution is -2.43. The second-order valence-electron chi connectivity index (χ2n) is 4.72. The molecule has 4 nitrogen and oxygen atoms in total. The van der Waals surface area contributed by atoms with Crippen molar-refractivity contribution < 1.29 is 4.79 Å². The molecule has 1 heterocycles. The minimum absolute atomic E-state index is 0.0893. The van der Waals surface area contributed by atoms with Gasteiger partial charge in [-0.3, -0.25) is 4.79 Å². The molecule has 1 fully saturated rings. The Balaban J connectivity index is 2.02. The fourth-order valence-electron chi connectivity index (χ4n) is 2.24. The number of benzene rings is 1. The van der Waals surface area contributed by atoms with Crippen LogP contribution in [0.25, 0.3) is 0 Å². The lowest BCUT2D eigenvalue weighted by Gasteiger charge is -2.27. The topological polar surface area (TPSA) is 56.1 Å². The third-order valence-electron chi connectivity index (χ3n) is 3.24. The molecule has 1 aromatic carbocycles. The van der Waals surface area contributed by atoms with Crippen molar-refractivity contribution in [3.05, 3.63) is 30.3 Å². The number of carbonyl (C=O) groups excluding carboxylic acids is 1. The zero-order chi connectivity index (χ0) is 14.2. The Morgan fingerprint density at radius 2 is 2.25 bits per heavy atom. The molecular formula is C15H19N3OS. The van der Waals surface area contributed by atoms with E-state index in [4.69, 9.17) is 5.26 Å². The number of nitriles is 1. The van der Waals surface area contributed by atoms with E-state index in [-0.39, 0.29) is 11.9 Å². The van der Waals surface area contributed by atoms with E-state index >= 15 is 0 Å². The average molecular weight is 289 g/mol. The van der Waals surface area contributed by atoms with Crippen LogP contribution in [0.5, 0.6) is 0 Å². The van der Waals surface area contributed by atoms with Crippen molar-refractivity contribution in [1.29, 1.82) is 5.26 Å². The minimum atomic E-state index is 0.0893. The standard InChI is InChI=1S/C15H19N3OS/c16-7-4-9-18(14-5-2-1-3-6-14)15(19)11-13-12-20-10-8-17-13/h1-3,5-6,13,17H,4,8-12H2. The summed E-state index contributed by atoms with van der Waals surface area (Å²) in [6.07, 6.45) is 0.848. The van der Waals surface area contributed by atoms with Gasteiger partial charge in [0.05, 0.1) is 12.5 Å². The smallest absolute Gasteiger partial charge is 0.228 e. The van der Waals surface area contributed by atoms with E-state index in [2.05, 4.69) is 11.4 Å². The summed E-state index contributed by atoms with van der Waals surface area (Å²) in [5.74, 6) is 2.18. The highest BCUT2D eigenvalue weighted by molar-refractivity contribution is 7.99. The van der Waals surface area contributed by atoms with Gasteiger partial charge >= 0.3 is 0 Å². The molecule has 1 aromatic rings. The van der Waals surface area contributed by atoms with Gasteiger partial charge in [0.15, 0.2) is 0 Å². The van der Waals surface area contributed by atoms with Crippen molar-refractivity contribution in [2.75, 3.05) is 29.5 Å². The van der Waals surface area contributed by atoms with Gasteiger partial charge in [-0.1, -0.05) is 18.2 Å². The number of anilines is 1. The zero-order valence-corrected chi connectivity index (χ0v) is 12.2. The Morgan fingerprint density at radius 3 is 2.90 bits per heavy atom. The Morgan fingerprint density at radius 1 is 1.45 bits per heavy atom. The summed E-state index contributed by atoms with van der Waals surface area (Å²) in [6, 6.07) is 11.9. The molecule has 5 heteroatoms. The summed E-state index contributed by atoms with van der Waals surface area (Å²) < 4.78 is 0. The molecule has 2 rings (SSSR count). The third kappa shape index (κ3) is 4.26. The van der Waals surface area contributed by atoms with Gasteiger partial charge in [-0.2, -0.15) is 17.0 Å². The van der Waals surface area contributed by atoms with E-state index in [1.54, 1.807) is 4.90 Å². The molecular weight excluding hydrogens is 270 g/mol. The van der Waals surface area contributed by atoms with Crippen molar-refractivity contribution >= 4 is 23.4 Å². The summed E-state index contributed by atoms with van der Waals surface area (Å²) in [6.45, 7) is 1.42. The number of amides is 1. The number of carbonyl (C=O) groups is 1. The van der Waals surface area contributed by atoms with Crippen LogP contribution in [-0.4, -0.2) is 36.5 Å². The van der Waals surface area contributed by atoms with Gasteiger partial charge in [0.25, 0.3) is 0 Å². The van der Waals surface area contributed by atoms with Crippen molar-refractivity contribution in [3.63, 3.8) is 0 Å². The molecule has 0 bridgehead atoms. The monoisotopic (exact) mass is 289 g/mol. The lowest BCUT2D eigenvalue weighted by molar-refractivity contribution is -0.119. The van der Waals surface area contributed by atoms with Gasteiger partial charge in [0.2, 0.25) is 5.91 Å². The summed E-state index contributed by atoms with van der Waals surface area (Å²) in [4.78, 5) is 14.2. The summed E-state index contributed by atoms with van der Waals surface area (Å²) in [5.41, 5.74) is 0.871. The third-order valence-corrected chi connectivity index (χ3v) is 4.37. The highest BCUT2D eigenvalue weighted by atomic mass is 32.2. The van der Waals surface area contributed by atoms with E-state index in [1.165, 1.54) is 0 Å². The predicted octanol–water partition coefficient (Wildman–Crippen LogP) is 2.03. The molecule has 1 amide bonds. The van der Waals surface area contributed by atoms with Crippen molar-refractivity contribution in [2.45, 2.75) is 18.9 Å². The van der Waals surface area contributed by atoms with Crippen LogP contribution < -0.4 is 10.2 Å². The van der Waals surface area contributed by atoms with Gasteiger partial charge in [-0.15, -0.1) is 0 Å². The van der Waals surface area contributed by atoms with Crippen LogP contribution in [-0.2, 0) is 4.79 Å². The van der Waals surface area contributed by atoms with Crippen LogP contribution in [0.15, 0.2) is 30.3 Å². The maximum atomic E-state index is 12.5. The quantitative estimate of drug-likeness (QED) is 0.901. The molecule has 20 heavy (non-hydrogen) atoms. The predicted molar refractivity (Wildman–Crippen MR) is 82.8 cm³/mol. The molecule has 0 saturated carbocycles. The van der Waals surface area contributed by atoms with E-state index in [1.807, 2.05) is 42.1 Å². The van der Waals surface area contributed by atoms with Crippen molar-refractivity contribution in [3.8, 4) is 6.07 Å². The van der Waals surface area contributed by atoms with Crippen LogP contribution in [0.4, 0.5) is 5.69 Å². The highest BCUT2D eigenvalue weighted by Gasteiger charge is 2.21. The Labute approximate surface area is 124 Å². The number of nitrogens with zero attached hydrogens (tertiary/aromatic N) is 2. The second-order valence-corrected chi connectivity index (χ2v) is 5.87. The molecule has 0 aliphatic carbocycles. The minimum Gasteiger partial charge on any atom is -0.312 e. The first-order chi connectivity index (χ1) is 9.81. The summed E-state index contributed by atoms with van der Waals surface area (Å²) >= 11 is 1.88. The van der Waals surface area contributed by atoms with Gasteiger partial charge in [0.1, 0.15) is 0 Å². The zero-order valence-electron chi connectivity index (χ0n) is 11.4. The van der Waals surface area contributed by atoms with E-state index < -0.39 is 0 Å². The van der Waals surface area contributed by atoms with Crippen LogP contribution in [0.1, 0.15) is 12.8 Å². The molecule has 1 aliphatic heterocycles. The van der Waals surface area contributed by atoms with Crippen LogP contribution >= 0.6 is 11.8 Å². The summed E-state index contributed by atoms with van der Waals surface area (Å²) in [7, 11) is 0. The van der Waals surface area contributed by atoms with E-state index in [0.29, 0.717) is 19.4 Å². The summed E-state index contributed by atoms with van der Waals surface area (Å²) in [5, 5.41) is 12.1. The molecule has 0 spiro atoms. The first kappa shape index (κ1) is 14.9. The van der Waals surface area contributed by atoms with Crippen LogP contribution in [0.2, 0.25) is 0 Å². The fraction of sp³-hybridized carbons (Fsp3) is 0.467.